The molecule has 1 atom stereocenters. The van der Waals surface area contributed by atoms with Gasteiger partial charge in [0.2, 0.25) is 0 Å². The van der Waals surface area contributed by atoms with Gasteiger partial charge in [0, 0.05) is 12.7 Å². The van der Waals surface area contributed by atoms with Crippen LogP contribution in [0.15, 0.2) is 24.5 Å². The van der Waals surface area contributed by atoms with Crippen molar-refractivity contribution in [1.29, 1.82) is 0 Å². The monoisotopic (exact) mass is 258 g/mol. The van der Waals surface area contributed by atoms with Crippen LogP contribution in [-0.2, 0) is 6.54 Å². The van der Waals surface area contributed by atoms with E-state index in [1.54, 1.807) is 0 Å². The molecule has 19 heavy (non-hydrogen) atoms. The Kier molecular flexibility index (Phi) is 3.53. The van der Waals surface area contributed by atoms with Crippen LogP contribution in [0.1, 0.15) is 43.6 Å². The van der Waals surface area contributed by atoms with E-state index in [-0.39, 0.29) is 0 Å². The zero-order valence-electron chi connectivity index (χ0n) is 11.5. The van der Waals surface area contributed by atoms with Gasteiger partial charge in [0.25, 0.3) is 0 Å². The number of aromatic nitrogens is 2. The summed E-state index contributed by atoms with van der Waals surface area (Å²) in [6, 6.07) is 4.64. The van der Waals surface area contributed by atoms with Gasteiger partial charge in [0.05, 0.1) is 17.8 Å². The summed E-state index contributed by atoms with van der Waals surface area (Å²) in [5.74, 6) is 1.17. The SMILES string of the molecule is CCN1CCCCC1c1ncc2ccc(CN)cn12. The Morgan fingerprint density at radius 2 is 2.26 bits per heavy atom. The average molecular weight is 258 g/mol. The smallest absolute Gasteiger partial charge is 0.130 e. The highest BCUT2D eigenvalue weighted by Crippen LogP contribution is 2.30. The third kappa shape index (κ3) is 2.26. The van der Waals surface area contributed by atoms with E-state index < -0.39 is 0 Å². The highest BCUT2D eigenvalue weighted by atomic mass is 15.2. The van der Waals surface area contributed by atoms with Crippen molar-refractivity contribution in [2.24, 2.45) is 5.73 Å². The number of likely N-dealkylation sites (tertiary alicyclic amines) is 1. The van der Waals surface area contributed by atoms with E-state index in [1.165, 1.54) is 31.6 Å². The van der Waals surface area contributed by atoms with Gasteiger partial charge >= 0.3 is 0 Å². The zero-order valence-corrected chi connectivity index (χ0v) is 11.5. The van der Waals surface area contributed by atoms with Gasteiger partial charge in [-0.05, 0) is 37.6 Å². The molecule has 0 saturated carbocycles. The molecule has 2 aromatic heterocycles. The standard InChI is InChI=1S/C15H22N4/c1-2-18-8-4-3-5-14(18)15-17-10-13-7-6-12(9-16)11-19(13)15/h6-7,10-11,14H,2-5,8-9,16H2,1H3. The van der Waals surface area contributed by atoms with Crippen molar-refractivity contribution >= 4 is 5.52 Å². The van der Waals surface area contributed by atoms with Crippen molar-refractivity contribution in [2.75, 3.05) is 13.1 Å². The lowest BCUT2D eigenvalue weighted by atomic mass is 10.0. The van der Waals surface area contributed by atoms with Crippen LogP contribution in [-0.4, -0.2) is 27.4 Å². The summed E-state index contributed by atoms with van der Waals surface area (Å²) in [5, 5.41) is 0. The van der Waals surface area contributed by atoms with Gasteiger partial charge in [-0.15, -0.1) is 0 Å². The number of nitrogens with zero attached hydrogens (tertiary/aromatic N) is 3. The number of piperidine rings is 1. The number of pyridine rings is 1. The molecule has 0 radical (unpaired) electrons. The van der Waals surface area contributed by atoms with Crippen LogP contribution in [0.25, 0.3) is 5.52 Å². The van der Waals surface area contributed by atoms with E-state index in [1.807, 2.05) is 6.20 Å². The van der Waals surface area contributed by atoms with Gasteiger partial charge < -0.3 is 10.1 Å². The molecule has 0 amide bonds. The molecule has 2 N–H and O–H groups in total. The number of rotatable bonds is 3. The molecular weight excluding hydrogens is 236 g/mol. The van der Waals surface area contributed by atoms with Crippen molar-refractivity contribution < 1.29 is 0 Å². The predicted molar refractivity (Wildman–Crippen MR) is 76.9 cm³/mol. The van der Waals surface area contributed by atoms with Crippen LogP contribution in [0.5, 0.6) is 0 Å². The molecule has 3 rings (SSSR count). The Morgan fingerprint density at radius 3 is 3.05 bits per heavy atom. The van der Waals surface area contributed by atoms with Crippen molar-refractivity contribution in [3.05, 3.63) is 35.9 Å². The maximum absolute atomic E-state index is 5.75. The third-order valence-corrected chi connectivity index (χ3v) is 4.17. The number of hydrogen-bond acceptors (Lipinski definition) is 3. The zero-order chi connectivity index (χ0) is 13.2. The molecular formula is C15H22N4. The van der Waals surface area contributed by atoms with Crippen molar-refractivity contribution in [3.8, 4) is 0 Å². The maximum atomic E-state index is 5.75. The van der Waals surface area contributed by atoms with Crippen LogP contribution in [0, 0.1) is 0 Å². The molecule has 102 valence electrons. The molecule has 0 bridgehead atoms. The first-order valence-electron chi connectivity index (χ1n) is 7.23. The molecule has 4 heteroatoms. The highest BCUT2D eigenvalue weighted by Gasteiger charge is 2.25. The molecule has 2 aromatic rings. The van der Waals surface area contributed by atoms with Gasteiger partial charge in [0.1, 0.15) is 5.82 Å². The minimum atomic E-state index is 0.453. The Hall–Kier alpha value is -1.39. The van der Waals surface area contributed by atoms with E-state index in [4.69, 9.17) is 5.73 Å². The van der Waals surface area contributed by atoms with Crippen LogP contribution < -0.4 is 5.73 Å². The highest BCUT2D eigenvalue weighted by molar-refractivity contribution is 5.47. The van der Waals surface area contributed by atoms with Gasteiger partial charge in [-0.2, -0.15) is 0 Å². The van der Waals surface area contributed by atoms with E-state index in [9.17, 15) is 0 Å². The second kappa shape index (κ2) is 5.31. The maximum Gasteiger partial charge on any atom is 0.130 e. The molecule has 1 unspecified atom stereocenters. The second-order valence-electron chi connectivity index (χ2n) is 5.29. The lowest BCUT2D eigenvalue weighted by Gasteiger charge is -2.34. The Balaban J connectivity index is 2.03. The summed E-state index contributed by atoms with van der Waals surface area (Å²) >= 11 is 0. The summed E-state index contributed by atoms with van der Waals surface area (Å²) in [6.07, 6.45) is 7.92. The van der Waals surface area contributed by atoms with Gasteiger partial charge in [-0.3, -0.25) is 4.90 Å². The number of hydrogen-bond donors (Lipinski definition) is 1. The summed E-state index contributed by atoms with van der Waals surface area (Å²) in [6.45, 7) is 5.10. The van der Waals surface area contributed by atoms with Crippen molar-refractivity contribution in [1.82, 2.24) is 14.3 Å². The number of fused-ring (bicyclic) bond motifs is 1. The van der Waals surface area contributed by atoms with Crippen LogP contribution >= 0.6 is 0 Å². The van der Waals surface area contributed by atoms with E-state index in [0.717, 1.165) is 17.6 Å². The normalized spacial score (nSPS) is 21.1. The molecule has 4 nitrogen and oxygen atoms in total. The van der Waals surface area contributed by atoms with E-state index in [0.29, 0.717) is 12.6 Å². The summed E-state index contributed by atoms with van der Waals surface area (Å²) in [7, 11) is 0. The lowest BCUT2D eigenvalue weighted by Crippen LogP contribution is -2.34. The first-order chi connectivity index (χ1) is 9.33. The molecule has 1 fully saturated rings. The van der Waals surface area contributed by atoms with Crippen molar-refractivity contribution in [3.63, 3.8) is 0 Å². The molecule has 1 saturated heterocycles. The lowest BCUT2D eigenvalue weighted by molar-refractivity contribution is 0.149. The number of imidazole rings is 1. The minimum absolute atomic E-state index is 0.453. The van der Waals surface area contributed by atoms with E-state index in [2.05, 4.69) is 39.5 Å². The largest absolute Gasteiger partial charge is 0.326 e. The topological polar surface area (TPSA) is 46.6 Å². The first kappa shape index (κ1) is 12.6. The van der Waals surface area contributed by atoms with Crippen LogP contribution in [0.4, 0.5) is 0 Å². The number of nitrogens with two attached hydrogens (primary N) is 1. The summed E-state index contributed by atoms with van der Waals surface area (Å²) < 4.78 is 2.22. The fourth-order valence-electron chi connectivity index (χ4n) is 3.08. The molecule has 0 aliphatic carbocycles. The molecule has 1 aliphatic heterocycles. The molecule has 0 aromatic carbocycles. The van der Waals surface area contributed by atoms with Gasteiger partial charge in [0.15, 0.2) is 0 Å². The third-order valence-electron chi connectivity index (χ3n) is 4.17. The van der Waals surface area contributed by atoms with Gasteiger partial charge in [-0.25, -0.2) is 4.98 Å². The quantitative estimate of drug-likeness (QED) is 0.919. The predicted octanol–water partition coefficient (Wildman–Crippen LogP) is 2.34. The molecule has 3 heterocycles. The summed E-state index contributed by atoms with van der Waals surface area (Å²) in [5.41, 5.74) is 8.07. The first-order valence-corrected chi connectivity index (χ1v) is 7.23. The molecule has 0 spiro atoms. The van der Waals surface area contributed by atoms with Crippen molar-refractivity contribution in [2.45, 2.75) is 38.8 Å². The molecule has 1 aliphatic rings. The van der Waals surface area contributed by atoms with Gasteiger partial charge in [-0.1, -0.05) is 19.4 Å². The summed E-state index contributed by atoms with van der Waals surface area (Å²) in [4.78, 5) is 7.21. The van der Waals surface area contributed by atoms with E-state index >= 15 is 0 Å². The Morgan fingerprint density at radius 1 is 1.37 bits per heavy atom. The minimum Gasteiger partial charge on any atom is -0.326 e. The second-order valence-corrected chi connectivity index (χ2v) is 5.29. The Labute approximate surface area is 114 Å². The fourth-order valence-corrected chi connectivity index (χ4v) is 3.08. The van der Waals surface area contributed by atoms with Crippen LogP contribution in [0.2, 0.25) is 0 Å². The fraction of sp³-hybridized carbons (Fsp3) is 0.533. The Bertz CT molecular complexity index is 560. The average Bonchev–Trinajstić information content (AvgIpc) is 2.89. The van der Waals surface area contributed by atoms with Crippen LogP contribution in [0.3, 0.4) is 0 Å².